The minimum absolute atomic E-state index is 0.188. The summed E-state index contributed by atoms with van der Waals surface area (Å²) in [5, 5.41) is 3.22. The van der Waals surface area contributed by atoms with Gasteiger partial charge in [-0.2, -0.15) is 4.31 Å². The summed E-state index contributed by atoms with van der Waals surface area (Å²) in [6, 6.07) is 5.22. The number of methoxy groups -OCH3 is 1. The standard InChI is InChI=1S/C23H32N6O4S/c1-32-21-14-17(2-3-19(21)23(25)15-20(24)18-4-7-26-22(18)27-23)34(30,31)29-8-5-16(6-9-29)28-10-12-33-13-11-28/h2-4,14-16H,5-13,24-25H2,1H3,(H,26,27). The summed E-state index contributed by atoms with van der Waals surface area (Å²) < 4.78 is 39.5. The van der Waals surface area contributed by atoms with Gasteiger partial charge in [0.2, 0.25) is 10.0 Å². The Morgan fingerprint density at radius 2 is 1.94 bits per heavy atom. The van der Waals surface area contributed by atoms with Gasteiger partial charge in [0.05, 0.1) is 31.8 Å². The van der Waals surface area contributed by atoms with E-state index in [1.54, 1.807) is 28.6 Å². The maximum atomic E-state index is 13.4. The molecule has 0 aromatic heterocycles. The van der Waals surface area contributed by atoms with Crippen molar-refractivity contribution in [3.05, 3.63) is 47.2 Å². The lowest BCUT2D eigenvalue weighted by atomic mass is 9.92. The number of ether oxygens (including phenoxy) is 2. The Kier molecular flexibility index (Phi) is 6.15. The lowest BCUT2D eigenvalue weighted by Crippen LogP contribution is -2.55. The van der Waals surface area contributed by atoms with Crippen LogP contribution in [0.5, 0.6) is 5.75 Å². The number of amidine groups is 1. The van der Waals surface area contributed by atoms with E-state index in [2.05, 4.69) is 15.2 Å². The molecule has 5 rings (SSSR count). The Bertz CT molecular complexity index is 1150. The number of rotatable bonds is 5. The first-order chi connectivity index (χ1) is 16.3. The van der Waals surface area contributed by atoms with Crippen molar-refractivity contribution in [1.82, 2.24) is 14.5 Å². The molecule has 2 saturated heterocycles. The van der Waals surface area contributed by atoms with Gasteiger partial charge in [-0.1, -0.05) is 6.08 Å². The van der Waals surface area contributed by atoms with Crippen LogP contribution in [0.4, 0.5) is 0 Å². The Morgan fingerprint density at radius 3 is 2.65 bits per heavy atom. The molecule has 4 aliphatic rings. The number of benzene rings is 1. The second kappa shape index (κ2) is 8.97. The topological polar surface area (TPSA) is 136 Å². The molecule has 1 aromatic carbocycles. The summed E-state index contributed by atoms with van der Waals surface area (Å²) in [7, 11) is -2.16. The molecule has 5 N–H and O–H groups in total. The zero-order valence-corrected chi connectivity index (χ0v) is 20.2. The number of nitrogens with zero attached hydrogens (tertiary/aromatic N) is 3. The highest BCUT2D eigenvalue weighted by molar-refractivity contribution is 7.89. The summed E-state index contributed by atoms with van der Waals surface area (Å²) >= 11 is 0. The number of nitrogens with one attached hydrogen (secondary N) is 1. The molecule has 0 bridgehead atoms. The first-order valence-corrected chi connectivity index (χ1v) is 13.1. The third kappa shape index (κ3) is 4.11. The van der Waals surface area contributed by atoms with Gasteiger partial charge in [0.15, 0.2) is 0 Å². The largest absolute Gasteiger partial charge is 0.496 e. The molecule has 1 aromatic rings. The average molecular weight is 489 g/mol. The van der Waals surface area contributed by atoms with Crippen LogP contribution in [-0.2, 0) is 20.4 Å². The number of piperidine rings is 1. The van der Waals surface area contributed by atoms with E-state index in [4.69, 9.17) is 20.9 Å². The van der Waals surface area contributed by atoms with Gasteiger partial charge in [0, 0.05) is 55.1 Å². The molecule has 184 valence electrons. The normalized spacial score (nSPS) is 26.8. The smallest absolute Gasteiger partial charge is 0.243 e. The van der Waals surface area contributed by atoms with Crippen molar-refractivity contribution < 1.29 is 17.9 Å². The van der Waals surface area contributed by atoms with Gasteiger partial charge in [-0.25, -0.2) is 8.42 Å². The van der Waals surface area contributed by atoms with Gasteiger partial charge < -0.3 is 26.3 Å². The highest BCUT2D eigenvalue weighted by Crippen LogP contribution is 2.35. The molecule has 0 amide bonds. The molecule has 4 aliphatic heterocycles. The number of aliphatic imine (C=N–C) groups is 1. The summed E-state index contributed by atoms with van der Waals surface area (Å²) in [6.45, 7) is 4.83. The zero-order chi connectivity index (χ0) is 23.9. The van der Waals surface area contributed by atoms with Crippen LogP contribution >= 0.6 is 0 Å². The van der Waals surface area contributed by atoms with Crippen LogP contribution in [0.25, 0.3) is 0 Å². The fraction of sp³-hybridized carbons (Fsp3) is 0.522. The van der Waals surface area contributed by atoms with Crippen LogP contribution in [0.3, 0.4) is 0 Å². The predicted molar refractivity (Wildman–Crippen MR) is 129 cm³/mol. The van der Waals surface area contributed by atoms with Crippen LogP contribution < -0.4 is 21.5 Å². The molecule has 10 nitrogen and oxygen atoms in total. The molecule has 2 fully saturated rings. The molecular formula is C23H32N6O4S. The molecular weight excluding hydrogens is 456 g/mol. The van der Waals surface area contributed by atoms with Crippen molar-refractivity contribution in [3.63, 3.8) is 0 Å². The Balaban J connectivity index is 1.36. The quantitative estimate of drug-likeness (QED) is 0.530. The molecule has 34 heavy (non-hydrogen) atoms. The predicted octanol–water partition coefficient (Wildman–Crippen LogP) is 0.0763. The minimum atomic E-state index is -3.67. The Hall–Kier alpha value is -2.44. The molecule has 1 unspecified atom stereocenters. The van der Waals surface area contributed by atoms with Crippen molar-refractivity contribution in [1.29, 1.82) is 0 Å². The van der Waals surface area contributed by atoms with E-state index in [-0.39, 0.29) is 4.90 Å². The molecule has 1 atom stereocenters. The lowest BCUT2D eigenvalue weighted by Gasteiger charge is -2.39. The first kappa shape index (κ1) is 23.3. The van der Waals surface area contributed by atoms with Crippen molar-refractivity contribution >= 4 is 15.9 Å². The van der Waals surface area contributed by atoms with E-state index >= 15 is 0 Å². The number of hydrogen-bond donors (Lipinski definition) is 3. The van der Waals surface area contributed by atoms with E-state index in [0.717, 1.165) is 44.7 Å². The Morgan fingerprint density at radius 1 is 1.21 bits per heavy atom. The van der Waals surface area contributed by atoms with Crippen LogP contribution in [-0.4, -0.2) is 82.5 Å². The Labute approximate surface area is 200 Å². The van der Waals surface area contributed by atoms with Gasteiger partial charge in [0.1, 0.15) is 17.2 Å². The lowest BCUT2D eigenvalue weighted by molar-refractivity contribution is 0.00610. The van der Waals surface area contributed by atoms with E-state index in [9.17, 15) is 8.42 Å². The molecule has 0 saturated carbocycles. The highest BCUT2D eigenvalue weighted by Gasteiger charge is 2.38. The van der Waals surface area contributed by atoms with Crippen LogP contribution in [0.2, 0.25) is 0 Å². The second-order valence-corrected chi connectivity index (χ2v) is 11.0. The van der Waals surface area contributed by atoms with Gasteiger partial charge in [-0.05, 0) is 31.1 Å². The van der Waals surface area contributed by atoms with Crippen molar-refractivity contribution in [2.45, 2.75) is 29.4 Å². The monoisotopic (exact) mass is 488 g/mol. The maximum absolute atomic E-state index is 13.4. The van der Waals surface area contributed by atoms with E-state index in [1.165, 1.54) is 7.11 Å². The second-order valence-electron chi connectivity index (χ2n) is 9.05. The van der Waals surface area contributed by atoms with E-state index < -0.39 is 15.7 Å². The van der Waals surface area contributed by atoms with Crippen LogP contribution in [0, 0.1) is 0 Å². The molecule has 0 aliphatic carbocycles. The molecule has 0 spiro atoms. The number of sulfonamides is 1. The molecule has 0 radical (unpaired) electrons. The molecule has 11 heteroatoms. The zero-order valence-electron chi connectivity index (χ0n) is 19.4. The highest BCUT2D eigenvalue weighted by atomic mass is 32.2. The first-order valence-electron chi connectivity index (χ1n) is 11.6. The third-order valence-corrected chi connectivity index (χ3v) is 8.96. The number of fused-ring (bicyclic) bond motifs is 1. The number of nitrogens with two attached hydrogens (primary N) is 2. The van der Waals surface area contributed by atoms with Gasteiger partial charge in [-0.3, -0.25) is 9.89 Å². The van der Waals surface area contributed by atoms with Crippen molar-refractivity contribution in [2.75, 3.05) is 53.0 Å². The van der Waals surface area contributed by atoms with Gasteiger partial charge in [-0.15, -0.1) is 0 Å². The number of hydrogen-bond acceptors (Lipinski definition) is 9. The fourth-order valence-electron chi connectivity index (χ4n) is 5.18. The van der Waals surface area contributed by atoms with Gasteiger partial charge in [0.25, 0.3) is 0 Å². The number of morpholine rings is 1. The fourth-order valence-corrected chi connectivity index (χ4v) is 6.67. The van der Waals surface area contributed by atoms with Crippen LogP contribution in [0.15, 0.2) is 51.5 Å². The van der Waals surface area contributed by atoms with Crippen LogP contribution in [0.1, 0.15) is 18.4 Å². The van der Waals surface area contributed by atoms with E-state index in [1.807, 2.05) is 6.08 Å². The van der Waals surface area contributed by atoms with Crippen molar-refractivity contribution in [3.8, 4) is 5.75 Å². The van der Waals surface area contributed by atoms with Gasteiger partial charge >= 0.3 is 0 Å². The summed E-state index contributed by atoms with van der Waals surface area (Å²) in [5.74, 6) is 0.999. The minimum Gasteiger partial charge on any atom is -0.496 e. The average Bonchev–Trinajstić information content (AvgIpc) is 3.33. The summed E-state index contributed by atoms with van der Waals surface area (Å²) in [5.41, 5.74) is 13.7. The summed E-state index contributed by atoms with van der Waals surface area (Å²) in [4.78, 5) is 7.00. The van der Waals surface area contributed by atoms with E-state index in [0.29, 0.717) is 48.5 Å². The SMILES string of the molecule is COc1cc(S(=O)(=O)N2CCC(N3CCOCC3)CC2)ccc1C1(N)C=C(N)C2=CCN=C2N1. The third-order valence-electron chi connectivity index (χ3n) is 7.06. The van der Waals surface area contributed by atoms with Crippen molar-refractivity contribution in [2.24, 2.45) is 16.5 Å². The molecule has 4 heterocycles. The maximum Gasteiger partial charge on any atom is 0.243 e. The summed E-state index contributed by atoms with van der Waals surface area (Å²) in [6.07, 6.45) is 5.27.